The van der Waals surface area contributed by atoms with Crippen LogP contribution in [0.1, 0.15) is 5.89 Å². The third-order valence-corrected chi connectivity index (χ3v) is 4.48. The normalized spacial score (nSPS) is 10.9. The molecular weight excluding hydrogens is 348 g/mol. The van der Waals surface area contributed by atoms with Gasteiger partial charge in [0.25, 0.3) is 0 Å². The summed E-state index contributed by atoms with van der Waals surface area (Å²) in [5.41, 5.74) is 1.70. The van der Waals surface area contributed by atoms with E-state index in [9.17, 15) is 4.79 Å². The van der Waals surface area contributed by atoms with Crippen molar-refractivity contribution in [2.45, 2.75) is 11.4 Å². The van der Waals surface area contributed by atoms with E-state index in [1.807, 2.05) is 72.8 Å². The third-order valence-electron chi connectivity index (χ3n) is 3.69. The Morgan fingerprint density at radius 1 is 1.12 bits per heavy atom. The number of benzene rings is 2. The number of carbonyl (C=O) groups is 1. The molecule has 0 unspecified atom stereocenters. The Hall–Kier alpha value is -2.64. The summed E-state index contributed by atoms with van der Waals surface area (Å²) in [5.74, 6) is 0.868. The first-order chi connectivity index (χ1) is 12.7. The lowest BCUT2D eigenvalue weighted by Crippen LogP contribution is -2.30. The van der Waals surface area contributed by atoms with Gasteiger partial charge in [-0.2, -0.15) is 0 Å². The quantitative estimate of drug-likeness (QED) is 0.643. The van der Waals surface area contributed by atoms with Gasteiger partial charge in [-0.3, -0.25) is 9.69 Å². The van der Waals surface area contributed by atoms with Gasteiger partial charge in [0.2, 0.25) is 17.7 Å². The van der Waals surface area contributed by atoms with Crippen molar-refractivity contribution < 1.29 is 9.21 Å². The zero-order valence-electron chi connectivity index (χ0n) is 14.7. The predicted molar refractivity (Wildman–Crippen MR) is 103 cm³/mol. The highest BCUT2D eigenvalue weighted by Crippen LogP contribution is 2.24. The van der Waals surface area contributed by atoms with Gasteiger partial charge in [-0.15, -0.1) is 22.0 Å². The van der Waals surface area contributed by atoms with E-state index >= 15 is 0 Å². The minimum atomic E-state index is -0.0863. The monoisotopic (exact) mass is 368 g/mol. The molecule has 0 aliphatic rings. The van der Waals surface area contributed by atoms with Gasteiger partial charge in [0.05, 0.1) is 18.8 Å². The number of nitrogens with one attached hydrogen (secondary N) is 1. The lowest BCUT2D eigenvalue weighted by molar-refractivity contribution is -0.117. The Kier molecular flexibility index (Phi) is 6.04. The van der Waals surface area contributed by atoms with E-state index in [2.05, 4.69) is 15.5 Å². The molecule has 0 fully saturated rings. The highest BCUT2D eigenvalue weighted by molar-refractivity contribution is 7.98. The van der Waals surface area contributed by atoms with E-state index in [-0.39, 0.29) is 12.5 Å². The van der Waals surface area contributed by atoms with Crippen LogP contribution in [0.15, 0.2) is 63.9 Å². The van der Waals surface area contributed by atoms with Crippen LogP contribution in [-0.4, -0.2) is 40.9 Å². The van der Waals surface area contributed by atoms with Crippen molar-refractivity contribution >= 4 is 23.4 Å². The summed E-state index contributed by atoms with van der Waals surface area (Å²) in [7, 11) is 1.84. The minimum Gasteiger partial charge on any atom is -0.419 e. The summed E-state index contributed by atoms with van der Waals surface area (Å²) in [6.45, 7) is 0.628. The molecule has 0 atom stereocenters. The smallest absolute Gasteiger partial charge is 0.247 e. The molecule has 0 aliphatic carbocycles. The van der Waals surface area contributed by atoms with Crippen LogP contribution >= 0.6 is 11.8 Å². The van der Waals surface area contributed by atoms with Gasteiger partial charge in [-0.1, -0.05) is 30.3 Å². The fourth-order valence-electron chi connectivity index (χ4n) is 2.48. The fourth-order valence-corrected chi connectivity index (χ4v) is 3.04. The Morgan fingerprint density at radius 3 is 2.62 bits per heavy atom. The second-order valence-corrected chi connectivity index (χ2v) is 6.64. The lowest BCUT2D eigenvalue weighted by Gasteiger charge is -2.15. The van der Waals surface area contributed by atoms with Crippen LogP contribution in [0.2, 0.25) is 0 Å². The van der Waals surface area contributed by atoms with Crippen LogP contribution < -0.4 is 5.32 Å². The summed E-state index contributed by atoms with van der Waals surface area (Å²) < 4.78 is 5.68. The standard InChI is InChI=1S/C19H20N4O2S/c1-23(12-17(24)20-15-10-6-7-11-16(15)26-2)13-18-21-22-19(25-18)14-8-4-3-5-9-14/h3-11H,12-13H2,1-2H3,(H,20,24). The van der Waals surface area contributed by atoms with Gasteiger partial charge in [0.1, 0.15) is 0 Å². The molecule has 7 heteroatoms. The third kappa shape index (κ3) is 4.71. The molecule has 0 radical (unpaired) electrons. The van der Waals surface area contributed by atoms with E-state index in [0.717, 1.165) is 16.1 Å². The van der Waals surface area contributed by atoms with E-state index in [0.29, 0.717) is 18.3 Å². The van der Waals surface area contributed by atoms with Crippen molar-refractivity contribution in [1.29, 1.82) is 0 Å². The summed E-state index contributed by atoms with van der Waals surface area (Å²) in [6, 6.07) is 17.3. The number of para-hydroxylation sites is 1. The van der Waals surface area contributed by atoms with Gasteiger partial charge in [0.15, 0.2) is 0 Å². The molecule has 0 aliphatic heterocycles. The van der Waals surface area contributed by atoms with Gasteiger partial charge < -0.3 is 9.73 Å². The first kappa shape index (κ1) is 18.2. The Balaban J connectivity index is 1.56. The van der Waals surface area contributed by atoms with E-state index in [1.165, 1.54) is 0 Å². The van der Waals surface area contributed by atoms with Crippen molar-refractivity contribution in [2.24, 2.45) is 0 Å². The van der Waals surface area contributed by atoms with Crippen molar-refractivity contribution in [2.75, 3.05) is 25.2 Å². The number of likely N-dealkylation sites (N-methyl/N-ethyl adjacent to an activating group) is 1. The number of amides is 1. The summed E-state index contributed by atoms with van der Waals surface area (Å²) in [6.07, 6.45) is 1.98. The van der Waals surface area contributed by atoms with Gasteiger partial charge in [-0.05, 0) is 37.6 Å². The fraction of sp³-hybridized carbons (Fsp3) is 0.211. The number of thioether (sulfide) groups is 1. The van der Waals surface area contributed by atoms with Crippen LogP contribution in [0.4, 0.5) is 5.69 Å². The summed E-state index contributed by atoms with van der Waals surface area (Å²) >= 11 is 1.60. The average Bonchev–Trinajstić information content (AvgIpc) is 3.11. The Bertz CT molecular complexity index is 867. The molecule has 3 aromatic rings. The van der Waals surface area contributed by atoms with Crippen LogP contribution in [0.3, 0.4) is 0 Å². The Morgan fingerprint density at radius 2 is 1.85 bits per heavy atom. The number of carbonyl (C=O) groups excluding carboxylic acids is 1. The van der Waals surface area contributed by atoms with E-state index in [1.54, 1.807) is 11.8 Å². The van der Waals surface area contributed by atoms with E-state index in [4.69, 9.17) is 4.42 Å². The molecule has 0 spiro atoms. The zero-order valence-corrected chi connectivity index (χ0v) is 15.5. The molecule has 0 bridgehead atoms. The van der Waals surface area contributed by atoms with Crippen molar-refractivity contribution in [3.63, 3.8) is 0 Å². The molecular formula is C19H20N4O2S. The molecule has 3 rings (SSSR count). The topological polar surface area (TPSA) is 71.3 Å². The maximum atomic E-state index is 12.3. The molecule has 1 aromatic heterocycles. The van der Waals surface area contributed by atoms with Crippen LogP contribution in [-0.2, 0) is 11.3 Å². The van der Waals surface area contributed by atoms with Gasteiger partial charge in [-0.25, -0.2) is 0 Å². The molecule has 6 nitrogen and oxygen atoms in total. The number of rotatable bonds is 7. The lowest BCUT2D eigenvalue weighted by atomic mass is 10.2. The number of nitrogens with zero attached hydrogens (tertiary/aromatic N) is 3. The van der Waals surface area contributed by atoms with Crippen molar-refractivity contribution in [1.82, 2.24) is 15.1 Å². The molecule has 26 heavy (non-hydrogen) atoms. The second kappa shape index (κ2) is 8.64. The Labute approximate surface area is 156 Å². The molecule has 2 aromatic carbocycles. The first-order valence-electron chi connectivity index (χ1n) is 8.15. The van der Waals surface area contributed by atoms with Crippen LogP contribution in [0.5, 0.6) is 0 Å². The second-order valence-electron chi connectivity index (χ2n) is 5.79. The van der Waals surface area contributed by atoms with E-state index < -0.39 is 0 Å². The zero-order chi connectivity index (χ0) is 18.4. The SMILES string of the molecule is CSc1ccccc1NC(=O)CN(C)Cc1nnc(-c2ccccc2)o1. The van der Waals surface area contributed by atoms with Crippen LogP contribution in [0, 0.1) is 0 Å². The molecule has 1 amide bonds. The first-order valence-corrected chi connectivity index (χ1v) is 9.37. The number of aromatic nitrogens is 2. The average molecular weight is 368 g/mol. The van der Waals surface area contributed by atoms with Gasteiger partial charge >= 0.3 is 0 Å². The molecule has 1 N–H and O–H groups in total. The van der Waals surface area contributed by atoms with Gasteiger partial charge in [0, 0.05) is 10.5 Å². The number of hydrogen-bond acceptors (Lipinski definition) is 6. The highest BCUT2D eigenvalue weighted by Gasteiger charge is 2.13. The number of anilines is 1. The summed E-state index contributed by atoms with van der Waals surface area (Å²) in [5, 5.41) is 11.1. The molecule has 134 valence electrons. The maximum absolute atomic E-state index is 12.3. The molecule has 1 heterocycles. The largest absolute Gasteiger partial charge is 0.419 e. The molecule has 0 saturated heterocycles. The minimum absolute atomic E-state index is 0.0863. The van der Waals surface area contributed by atoms with Crippen LogP contribution in [0.25, 0.3) is 11.5 Å². The molecule has 0 saturated carbocycles. The maximum Gasteiger partial charge on any atom is 0.247 e. The predicted octanol–water partition coefficient (Wildman–Crippen LogP) is 3.53. The highest BCUT2D eigenvalue weighted by atomic mass is 32.2. The van der Waals surface area contributed by atoms with Crippen molar-refractivity contribution in [3.8, 4) is 11.5 Å². The number of hydrogen-bond donors (Lipinski definition) is 1. The van der Waals surface area contributed by atoms with Crippen molar-refractivity contribution in [3.05, 3.63) is 60.5 Å². The summed E-state index contributed by atoms with van der Waals surface area (Å²) in [4.78, 5) is 15.1.